The third-order valence-corrected chi connectivity index (χ3v) is 14.5. The summed E-state index contributed by atoms with van der Waals surface area (Å²) in [4.78, 5) is 25.9. The largest absolute Gasteiger partial charge is 0.462 e. The Labute approximate surface area is 441 Å². The summed E-state index contributed by atoms with van der Waals surface area (Å²) in [7, 11) is 0. The van der Waals surface area contributed by atoms with Gasteiger partial charge in [-0.1, -0.05) is 212 Å². The summed E-state index contributed by atoms with van der Waals surface area (Å²) in [5.41, 5.74) is 0. The maximum atomic E-state index is 13.1. The number of unbranched alkanes of at least 4 members (excludes halogenated alkanes) is 32. The number of ether oxygens (including phenoxy) is 6. The molecule has 0 spiro atoms. The van der Waals surface area contributed by atoms with Gasteiger partial charge in [-0.2, -0.15) is 0 Å². The molecule has 2 aliphatic rings. The molecule has 0 bridgehead atoms. The number of carbonyl (C=O) groups is 2. The van der Waals surface area contributed by atoms with Crippen LogP contribution in [0.1, 0.15) is 251 Å². The van der Waals surface area contributed by atoms with Gasteiger partial charge in [0, 0.05) is 12.8 Å². The van der Waals surface area contributed by atoms with Crippen molar-refractivity contribution in [3.05, 3.63) is 12.2 Å². The van der Waals surface area contributed by atoms with Crippen LogP contribution >= 0.6 is 0 Å². The first-order valence-corrected chi connectivity index (χ1v) is 29.8. The van der Waals surface area contributed by atoms with E-state index in [0.717, 1.165) is 38.5 Å². The van der Waals surface area contributed by atoms with Gasteiger partial charge in [-0.15, -0.1) is 0 Å². The van der Waals surface area contributed by atoms with Crippen LogP contribution in [0.5, 0.6) is 0 Å². The molecule has 15 nitrogen and oxygen atoms in total. The van der Waals surface area contributed by atoms with Crippen molar-refractivity contribution >= 4 is 11.9 Å². The Morgan fingerprint density at radius 3 is 1.21 bits per heavy atom. The minimum absolute atomic E-state index is 0.168. The number of carbonyl (C=O) groups excluding carboxylic acids is 2. The molecule has 0 radical (unpaired) electrons. The highest BCUT2D eigenvalue weighted by Gasteiger charge is 2.47. The summed E-state index contributed by atoms with van der Waals surface area (Å²) in [6.45, 7) is 2.64. The SMILES string of the molecule is CCCCCCCCCC/C=C\CCCCCCCCCCCC(=O)OC(COC(=O)CCCCCCCCCCCCCCCCCC)COC1OC(COC2OC(CO)C(O)C(O)C2O)C(O)C(O)C1O. The summed E-state index contributed by atoms with van der Waals surface area (Å²) < 4.78 is 33.7. The van der Waals surface area contributed by atoms with Gasteiger partial charge in [-0.05, 0) is 38.5 Å². The number of aliphatic hydroxyl groups is 7. The lowest BCUT2D eigenvalue weighted by molar-refractivity contribution is -0.332. The predicted octanol–water partition coefficient (Wildman–Crippen LogP) is 10.1. The zero-order valence-electron chi connectivity index (χ0n) is 45.9. The molecule has 7 N–H and O–H groups in total. The molecule has 2 rings (SSSR count). The average Bonchev–Trinajstić information content (AvgIpc) is 3.38. The lowest BCUT2D eigenvalue weighted by Gasteiger charge is -2.42. The predicted molar refractivity (Wildman–Crippen MR) is 285 cm³/mol. The second kappa shape index (κ2) is 45.3. The van der Waals surface area contributed by atoms with E-state index in [9.17, 15) is 45.3 Å². The van der Waals surface area contributed by atoms with Crippen molar-refractivity contribution in [3.63, 3.8) is 0 Å². The maximum Gasteiger partial charge on any atom is 0.306 e. The van der Waals surface area contributed by atoms with Gasteiger partial charge in [0.2, 0.25) is 0 Å². The molecule has 11 unspecified atom stereocenters. The Kier molecular flexibility index (Phi) is 41.8. The molecule has 11 atom stereocenters. The molecule has 0 aromatic heterocycles. The van der Waals surface area contributed by atoms with Crippen molar-refractivity contribution in [3.8, 4) is 0 Å². The highest BCUT2D eigenvalue weighted by Crippen LogP contribution is 2.27. The topological polar surface area (TPSA) is 231 Å². The molecular weight excluding hydrogens is 937 g/mol. The quantitative estimate of drug-likeness (QED) is 0.0171. The maximum absolute atomic E-state index is 13.1. The van der Waals surface area contributed by atoms with Crippen molar-refractivity contribution in [2.75, 3.05) is 26.4 Å². The van der Waals surface area contributed by atoms with Crippen molar-refractivity contribution in [1.29, 1.82) is 0 Å². The van der Waals surface area contributed by atoms with Crippen molar-refractivity contribution in [1.82, 2.24) is 0 Å². The highest BCUT2D eigenvalue weighted by molar-refractivity contribution is 5.70. The van der Waals surface area contributed by atoms with E-state index in [1.165, 1.54) is 173 Å². The minimum Gasteiger partial charge on any atom is -0.462 e. The molecule has 0 aliphatic carbocycles. The second-order valence-electron chi connectivity index (χ2n) is 21.2. The Hall–Kier alpha value is -1.76. The molecule has 15 heteroatoms. The Balaban J connectivity index is 1.74. The van der Waals surface area contributed by atoms with E-state index < -0.39 is 92.7 Å². The highest BCUT2D eigenvalue weighted by atomic mass is 16.7. The first-order valence-electron chi connectivity index (χ1n) is 29.8. The van der Waals surface area contributed by atoms with E-state index in [-0.39, 0.29) is 26.1 Å². The molecule has 2 fully saturated rings. The van der Waals surface area contributed by atoms with Crippen LogP contribution in [0.3, 0.4) is 0 Å². The van der Waals surface area contributed by atoms with Crippen LogP contribution in [0.4, 0.5) is 0 Å². The number of esters is 2. The lowest BCUT2D eigenvalue weighted by Crippen LogP contribution is -2.61. The lowest BCUT2D eigenvalue weighted by atomic mass is 9.98. The fraction of sp³-hybridized carbons (Fsp3) is 0.931. The van der Waals surface area contributed by atoms with Crippen LogP contribution in [0.15, 0.2) is 12.2 Å². The van der Waals surface area contributed by atoms with Gasteiger partial charge < -0.3 is 64.2 Å². The van der Waals surface area contributed by atoms with Gasteiger partial charge in [-0.3, -0.25) is 9.59 Å². The fourth-order valence-electron chi connectivity index (χ4n) is 9.63. The van der Waals surface area contributed by atoms with Crippen LogP contribution in [0, 0.1) is 0 Å². The third-order valence-electron chi connectivity index (χ3n) is 14.5. The number of aliphatic hydroxyl groups excluding tert-OH is 7. The molecule has 2 aliphatic heterocycles. The fourth-order valence-corrected chi connectivity index (χ4v) is 9.63. The summed E-state index contributed by atoms with van der Waals surface area (Å²) in [6, 6.07) is 0. The first kappa shape index (κ1) is 67.3. The standard InChI is InChI=1S/C58H108O15/c1-3-5-7-9-11-13-15-17-19-21-22-23-24-25-27-29-31-33-35-37-39-41-50(61)71-46(43-68-49(60)40-38-36-34-32-30-28-26-20-18-16-14-12-10-8-6-4-2)44-69-57-56(67)54(65)52(63)48(73-57)45-70-58-55(66)53(64)51(62)47(42-59)72-58/h21-22,46-48,51-59,62-67H,3-20,23-45H2,1-2H3/b22-21-. The number of hydrogen-bond acceptors (Lipinski definition) is 15. The minimum atomic E-state index is -1.76. The monoisotopic (exact) mass is 1040 g/mol. The second-order valence-corrected chi connectivity index (χ2v) is 21.2. The van der Waals surface area contributed by atoms with Gasteiger partial charge in [0.15, 0.2) is 18.7 Å². The van der Waals surface area contributed by atoms with Crippen LogP contribution < -0.4 is 0 Å². The van der Waals surface area contributed by atoms with Crippen LogP contribution in [0.25, 0.3) is 0 Å². The number of allylic oxidation sites excluding steroid dienone is 2. The molecule has 73 heavy (non-hydrogen) atoms. The van der Waals surface area contributed by atoms with E-state index in [1.54, 1.807) is 0 Å². The van der Waals surface area contributed by atoms with E-state index >= 15 is 0 Å². The van der Waals surface area contributed by atoms with Crippen LogP contribution in [-0.2, 0) is 38.0 Å². The average molecular weight is 1050 g/mol. The van der Waals surface area contributed by atoms with Gasteiger partial charge in [0.1, 0.15) is 55.4 Å². The van der Waals surface area contributed by atoms with Crippen molar-refractivity contribution in [2.24, 2.45) is 0 Å². The Bertz CT molecular complexity index is 1320. The normalized spacial score (nSPS) is 24.8. The van der Waals surface area contributed by atoms with Crippen molar-refractivity contribution in [2.45, 2.75) is 319 Å². The van der Waals surface area contributed by atoms with E-state index in [2.05, 4.69) is 26.0 Å². The van der Waals surface area contributed by atoms with Crippen LogP contribution in [-0.4, -0.2) is 142 Å². The molecule has 0 aromatic rings. The van der Waals surface area contributed by atoms with Crippen LogP contribution in [0.2, 0.25) is 0 Å². The summed E-state index contributed by atoms with van der Waals surface area (Å²) in [5.74, 6) is -0.911. The molecule has 2 saturated heterocycles. The molecule has 430 valence electrons. The number of rotatable bonds is 48. The summed E-state index contributed by atoms with van der Waals surface area (Å²) in [6.07, 6.45) is 30.9. The zero-order chi connectivity index (χ0) is 53.2. The van der Waals surface area contributed by atoms with Gasteiger partial charge in [-0.25, -0.2) is 0 Å². The first-order chi connectivity index (χ1) is 35.5. The van der Waals surface area contributed by atoms with E-state index in [0.29, 0.717) is 12.8 Å². The van der Waals surface area contributed by atoms with Crippen molar-refractivity contribution < 1.29 is 73.8 Å². The Morgan fingerprint density at radius 2 is 0.781 bits per heavy atom. The molecule has 2 heterocycles. The zero-order valence-corrected chi connectivity index (χ0v) is 45.9. The van der Waals surface area contributed by atoms with E-state index in [1.807, 2.05) is 0 Å². The molecular formula is C58H108O15. The van der Waals surface area contributed by atoms with Gasteiger partial charge in [0.05, 0.1) is 19.8 Å². The molecule has 0 aromatic carbocycles. The smallest absolute Gasteiger partial charge is 0.306 e. The Morgan fingerprint density at radius 1 is 0.425 bits per heavy atom. The van der Waals surface area contributed by atoms with Gasteiger partial charge in [0.25, 0.3) is 0 Å². The summed E-state index contributed by atoms with van der Waals surface area (Å²) >= 11 is 0. The third kappa shape index (κ3) is 32.6. The van der Waals surface area contributed by atoms with E-state index in [4.69, 9.17) is 28.4 Å². The summed E-state index contributed by atoms with van der Waals surface area (Å²) in [5, 5.41) is 72.3. The molecule has 0 saturated carbocycles. The number of hydrogen-bond donors (Lipinski definition) is 7. The molecule has 0 amide bonds. The van der Waals surface area contributed by atoms with Gasteiger partial charge >= 0.3 is 11.9 Å².